The lowest BCUT2D eigenvalue weighted by molar-refractivity contribution is 0.101. The van der Waals surface area contributed by atoms with E-state index in [0.29, 0.717) is 24.0 Å². The van der Waals surface area contributed by atoms with Gasteiger partial charge in [-0.15, -0.1) is 0 Å². The highest BCUT2D eigenvalue weighted by atomic mass is 16.5. The van der Waals surface area contributed by atoms with Crippen LogP contribution in [0, 0.1) is 6.92 Å². The summed E-state index contributed by atoms with van der Waals surface area (Å²) in [6.45, 7) is 8.11. The smallest absolute Gasteiger partial charge is 0.163 e. The lowest BCUT2D eigenvalue weighted by Crippen LogP contribution is -2.08. The number of Topliss-reactive ketones (excluding diaryl/α,β-unsaturated/α-hetero) is 1. The van der Waals surface area contributed by atoms with Crippen molar-refractivity contribution in [3.05, 3.63) is 47.5 Å². The molecule has 0 aliphatic carbocycles. The van der Waals surface area contributed by atoms with Crippen LogP contribution in [-0.4, -0.2) is 15.3 Å². The average Bonchev–Trinajstić information content (AvgIpc) is 2.85. The van der Waals surface area contributed by atoms with E-state index in [1.165, 1.54) is 0 Å². The molecule has 2 aromatic rings. The molecule has 0 radical (unpaired) electrons. The Hall–Kier alpha value is -2.10. The van der Waals surface area contributed by atoms with E-state index in [0.717, 1.165) is 11.3 Å². The number of hydrogen-bond acceptors (Lipinski definition) is 3. The first-order valence-electron chi connectivity index (χ1n) is 6.74. The number of carbonyl (C=O) groups excluding carboxylic acids is 1. The van der Waals surface area contributed by atoms with Crippen LogP contribution in [0.3, 0.4) is 0 Å². The van der Waals surface area contributed by atoms with E-state index in [-0.39, 0.29) is 5.78 Å². The van der Waals surface area contributed by atoms with E-state index in [1.807, 2.05) is 25.1 Å². The summed E-state index contributed by atoms with van der Waals surface area (Å²) in [6.07, 6.45) is 3.59. The second-order valence-corrected chi connectivity index (χ2v) is 5.23. The predicted molar refractivity (Wildman–Crippen MR) is 78.1 cm³/mol. The third-order valence-electron chi connectivity index (χ3n) is 3.19. The standard InChI is InChI=1S/C16H20N2O2/c1-11(2)18-10-17-8-14(18)9-20-16-6-5-12(3)7-15(16)13(4)19/h5-8,10-11H,9H2,1-4H3. The second kappa shape index (κ2) is 5.90. The van der Waals surface area contributed by atoms with Gasteiger partial charge in [0.25, 0.3) is 0 Å². The van der Waals surface area contributed by atoms with Crippen LogP contribution in [0.2, 0.25) is 0 Å². The number of rotatable bonds is 5. The van der Waals surface area contributed by atoms with Crippen molar-refractivity contribution in [2.75, 3.05) is 0 Å². The summed E-state index contributed by atoms with van der Waals surface area (Å²) in [5.74, 6) is 0.640. The first-order chi connectivity index (χ1) is 9.49. The van der Waals surface area contributed by atoms with Crippen LogP contribution in [0.15, 0.2) is 30.7 Å². The molecule has 0 amide bonds. The minimum atomic E-state index is 0.0149. The Labute approximate surface area is 119 Å². The van der Waals surface area contributed by atoms with Crippen molar-refractivity contribution in [3.63, 3.8) is 0 Å². The van der Waals surface area contributed by atoms with Gasteiger partial charge >= 0.3 is 0 Å². The Balaban J connectivity index is 2.19. The molecule has 2 rings (SSSR count). The Morgan fingerprint density at radius 2 is 2.15 bits per heavy atom. The lowest BCUT2D eigenvalue weighted by Gasteiger charge is -2.14. The first-order valence-corrected chi connectivity index (χ1v) is 6.74. The Bertz CT molecular complexity index is 615. The number of ether oxygens (including phenoxy) is 1. The lowest BCUT2D eigenvalue weighted by atomic mass is 10.1. The molecule has 4 nitrogen and oxygen atoms in total. The van der Waals surface area contributed by atoms with Crippen molar-refractivity contribution in [2.45, 2.75) is 40.3 Å². The van der Waals surface area contributed by atoms with Crippen LogP contribution in [0.4, 0.5) is 0 Å². The first kappa shape index (κ1) is 14.3. The molecule has 0 unspecified atom stereocenters. The van der Waals surface area contributed by atoms with Gasteiger partial charge in [0.05, 0.1) is 23.8 Å². The Kier molecular flexibility index (Phi) is 4.23. The molecule has 0 fully saturated rings. The fourth-order valence-electron chi connectivity index (χ4n) is 2.11. The molecule has 0 aliphatic rings. The van der Waals surface area contributed by atoms with E-state index in [1.54, 1.807) is 19.4 Å². The van der Waals surface area contributed by atoms with Crippen LogP contribution in [0.25, 0.3) is 0 Å². The van der Waals surface area contributed by atoms with Crippen LogP contribution in [0.5, 0.6) is 5.75 Å². The van der Waals surface area contributed by atoms with Crippen LogP contribution >= 0.6 is 0 Å². The van der Waals surface area contributed by atoms with E-state index in [4.69, 9.17) is 4.74 Å². The number of aromatic nitrogens is 2. The largest absolute Gasteiger partial charge is 0.487 e. The minimum Gasteiger partial charge on any atom is -0.487 e. The number of benzene rings is 1. The summed E-state index contributed by atoms with van der Waals surface area (Å²) in [6, 6.07) is 5.99. The predicted octanol–water partition coefficient (Wildman–Crippen LogP) is 3.55. The van der Waals surface area contributed by atoms with Crippen LogP contribution in [-0.2, 0) is 6.61 Å². The highest BCUT2D eigenvalue weighted by Crippen LogP contribution is 2.22. The number of nitrogens with zero attached hydrogens (tertiary/aromatic N) is 2. The minimum absolute atomic E-state index is 0.0149. The number of imidazole rings is 1. The zero-order chi connectivity index (χ0) is 14.7. The van der Waals surface area contributed by atoms with Crippen molar-refractivity contribution >= 4 is 5.78 Å². The number of hydrogen-bond donors (Lipinski definition) is 0. The fourth-order valence-corrected chi connectivity index (χ4v) is 2.11. The summed E-state index contributed by atoms with van der Waals surface area (Å²) >= 11 is 0. The highest BCUT2D eigenvalue weighted by molar-refractivity contribution is 5.97. The molecule has 20 heavy (non-hydrogen) atoms. The van der Waals surface area contributed by atoms with Gasteiger partial charge < -0.3 is 9.30 Å². The molecule has 0 saturated carbocycles. The van der Waals surface area contributed by atoms with Gasteiger partial charge in [-0.3, -0.25) is 4.79 Å². The summed E-state index contributed by atoms with van der Waals surface area (Å²) < 4.78 is 7.86. The Morgan fingerprint density at radius 1 is 1.40 bits per heavy atom. The van der Waals surface area contributed by atoms with Gasteiger partial charge in [0.2, 0.25) is 0 Å². The van der Waals surface area contributed by atoms with Crippen LogP contribution in [0.1, 0.15) is 48.4 Å². The second-order valence-electron chi connectivity index (χ2n) is 5.23. The van der Waals surface area contributed by atoms with E-state index >= 15 is 0 Å². The maximum absolute atomic E-state index is 11.7. The maximum Gasteiger partial charge on any atom is 0.163 e. The SMILES string of the molecule is CC(=O)c1cc(C)ccc1OCc1cncn1C(C)C. The average molecular weight is 272 g/mol. The molecule has 0 bridgehead atoms. The molecule has 1 aromatic heterocycles. The maximum atomic E-state index is 11.7. The zero-order valence-corrected chi connectivity index (χ0v) is 12.4. The van der Waals surface area contributed by atoms with Gasteiger partial charge in [0, 0.05) is 6.04 Å². The van der Waals surface area contributed by atoms with Gasteiger partial charge in [0.15, 0.2) is 5.78 Å². The van der Waals surface area contributed by atoms with Crippen molar-refractivity contribution in [1.29, 1.82) is 0 Å². The molecular weight excluding hydrogens is 252 g/mol. The van der Waals surface area contributed by atoms with E-state index in [9.17, 15) is 4.79 Å². The molecule has 1 heterocycles. The quantitative estimate of drug-likeness (QED) is 0.782. The van der Waals surface area contributed by atoms with Gasteiger partial charge in [0.1, 0.15) is 12.4 Å². The molecule has 0 spiro atoms. The molecule has 1 aromatic carbocycles. The molecule has 0 aliphatic heterocycles. The van der Waals surface area contributed by atoms with Gasteiger partial charge in [-0.2, -0.15) is 0 Å². The van der Waals surface area contributed by atoms with Crippen molar-refractivity contribution < 1.29 is 9.53 Å². The fraction of sp³-hybridized carbons (Fsp3) is 0.375. The summed E-state index contributed by atoms with van der Waals surface area (Å²) in [5, 5.41) is 0. The van der Waals surface area contributed by atoms with E-state index in [2.05, 4.69) is 23.4 Å². The monoisotopic (exact) mass is 272 g/mol. The molecule has 106 valence electrons. The Morgan fingerprint density at radius 3 is 2.80 bits per heavy atom. The number of carbonyl (C=O) groups is 1. The third kappa shape index (κ3) is 3.07. The third-order valence-corrected chi connectivity index (χ3v) is 3.19. The van der Waals surface area contributed by atoms with Gasteiger partial charge in [-0.1, -0.05) is 11.6 Å². The molecular formula is C16H20N2O2. The zero-order valence-electron chi connectivity index (χ0n) is 12.4. The summed E-state index contributed by atoms with van der Waals surface area (Å²) in [7, 11) is 0. The molecule has 0 atom stereocenters. The normalized spacial score (nSPS) is 10.8. The number of aryl methyl sites for hydroxylation is 1. The number of ketones is 1. The molecule has 0 N–H and O–H groups in total. The topological polar surface area (TPSA) is 44.1 Å². The molecule has 4 heteroatoms. The highest BCUT2D eigenvalue weighted by Gasteiger charge is 2.11. The van der Waals surface area contributed by atoms with Crippen LogP contribution < -0.4 is 4.74 Å². The van der Waals surface area contributed by atoms with E-state index < -0.39 is 0 Å². The summed E-state index contributed by atoms with van der Waals surface area (Å²) in [5.41, 5.74) is 2.67. The molecule has 0 saturated heterocycles. The van der Waals surface area contributed by atoms with Crippen molar-refractivity contribution in [2.24, 2.45) is 0 Å². The van der Waals surface area contributed by atoms with Gasteiger partial charge in [-0.05, 0) is 39.8 Å². The summed E-state index contributed by atoms with van der Waals surface area (Å²) in [4.78, 5) is 15.8. The van der Waals surface area contributed by atoms with Crippen molar-refractivity contribution in [1.82, 2.24) is 9.55 Å². The van der Waals surface area contributed by atoms with Crippen molar-refractivity contribution in [3.8, 4) is 5.75 Å². The van der Waals surface area contributed by atoms with Gasteiger partial charge in [-0.25, -0.2) is 4.98 Å².